The van der Waals surface area contributed by atoms with E-state index in [2.05, 4.69) is 4.85 Å². The Morgan fingerprint density at radius 1 is 1.16 bits per heavy atom. The van der Waals surface area contributed by atoms with Crippen molar-refractivity contribution >= 4 is 5.69 Å². The molecule has 0 saturated heterocycles. The summed E-state index contributed by atoms with van der Waals surface area (Å²) in [7, 11) is 1.53. The van der Waals surface area contributed by atoms with Gasteiger partial charge < -0.3 is 4.74 Å². The molecule has 19 heavy (non-hydrogen) atoms. The van der Waals surface area contributed by atoms with Gasteiger partial charge in [-0.15, -0.1) is 0 Å². The lowest BCUT2D eigenvalue weighted by Gasteiger charge is -2.16. The third-order valence-electron chi connectivity index (χ3n) is 3.18. The fourth-order valence-electron chi connectivity index (χ4n) is 2.06. The van der Waals surface area contributed by atoms with Gasteiger partial charge in [-0.3, -0.25) is 0 Å². The second-order valence-corrected chi connectivity index (χ2v) is 4.31. The zero-order valence-corrected chi connectivity index (χ0v) is 10.9. The molecule has 3 heteroatoms. The van der Waals surface area contributed by atoms with Crippen LogP contribution in [0.3, 0.4) is 0 Å². The zero-order chi connectivity index (χ0) is 13.8. The van der Waals surface area contributed by atoms with Gasteiger partial charge in [-0.2, -0.15) is 0 Å². The van der Waals surface area contributed by atoms with Gasteiger partial charge in [0.2, 0.25) is 0 Å². The van der Waals surface area contributed by atoms with Gasteiger partial charge >= 0.3 is 0 Å². The molecule has 0 bridgehead atoms. The number of rotatable bonds is 3. The Hall–Kier alpha value is -2.34. The molecule has 2 aromatic carbocycles. The highest BCUT2D eigenvalue weighted by Crippen LogP contribution is 2.32. The van der Waals surface area contributed by atoms with Crippen molar-refractivity contribution in [1.29, 1.82) is 0 Å². The first-order valence-corrected chi connectivity index (χ1v) is 5.96. The van der Waals surface area contributed by atoms with E-state index in [1.165, 1.54) is 19.2 Å². The van der Waals surface area contributed by atoms with Gasteiger partial charge in [-0.05, 0) is 11.6 Å². The van der Waals surface area contributed by atoms with Gasteiger partial charge in [0.15, 0.2) is 5.69 Å². The van der Waals surface area contributed by atoms with Crippen molar-refractivity contribution in [1.82, 2.24) is 0 Å². The molecule has 0 radical (unpaired) electrons. The summed E-state index contributed by atoms with van der Waals surface area (Å²) in [5, 5.41) is 0. The van der Waals surface area contributed by atoms with E-state index in [0.717, 1.165) is 11.1 Å². The summed E-state index contributed by atoms with van der Waals surface area (Å²) in [5.74, 6) is 0.313. The maximum atomic E-state index is 13.2. The summed E-state index contributed by atoms with van der Waals surface area (Å²) in [6.07, 6.45) is 0. The van der Waals surface area contributed by atoms with Gasteiger partial charge in [0.25, 0.3) is 0 Å². The molecule has 2 nitrogen and oxygen atoms in total. The van der Waals surface area contributed by atoms with Gasteiger partial charge in [-0.25, -0.2) is 9.24 Å². The predicted molar refractivity (Wildman–Crippen MR) is 73.2 cm³/mol. The molecule has 1 atom stereocenters. The SMILES string of the molecule is [C-]#[N+]c1ccc(C(C)c2ccc(F)cc2OC)cc1. The molecule has 0 spiro atoms. The van der Waals surface area contributed by atoms with Crippen molar-refractivity contribution in [3.05, 3.63) is 70.8 Å². The van der Waals surface area contributed by atoms with Crippen molar-refractivity contribution in [3.63, 3.8) is 0 Å². The van der Waals surface area contributed by atoms with Crippen LogP contribution in [0.2, 0.25) is 0 Å². The fourth-order valence-corrected chi connectivity index (χ4v) is 2.06. The molecule has 0 amide bonds. The van der Waals surface area contributed by atoms with E-state index in [1.54, 1.807) is 18.2 Å². The molecule has 2 rings (SSSR count). The summed E-state index contributed by atoms with van der Waals surface area (Å²) in [4.78, 5) is 3.36. The first-order chi connectivity index (χ1) is 9.15. The maximum absolute atomic E-state index is 13.2. The average Bonchev–Trinajstić information content (AvgIpc) is 2.46. The van der Waals surface area contributed by atoms with Crippen LogP contribution >= 0.6 is 0 Å². The molecule has 0 fully saturated rings. The Labute approximate surface area is 112 Å². The third-order valence-corrected chi connectivity index (χ3v) is 3.18. The van der Waals surface area contributed by atoms with Crippen LogP contribution in [0.15, 0.2) is 42.5 Å². The van der Waals surface area contributed by atoms with Crippen molar-refractivity contribution < 1.29 is 9.13 Å². The van der Waals surface area contributed by atoms with E-state index in [1.807, 2.05) is 19.1 Å². The van der Waals surface area contributed by atoms with E-state index in [-0.39, 0.29) is 11.7 Å². The zero-order valence-electron chi connectivity index (χ0n) is 10.9. The van der Waals surface area contributed by atoms with E-state index >= 15 is 0 Å². The third kappa shape index (κ3) is 2.74. The minimum Gasteiger partial charge on any atom is -0.496 e. The second-order valence-electron chi connectivity index (χ2n) is 4.31. The van der Waals surface area contributed by atoms with Crippen LogP contribution in [0.1, 0.15) is 24.0 Å². The highest BCUT2D eigenvalue weighted by molar-refractivity contribution is 5.48. The van der Waals surface area contributed by atoms with Crippen molar-refractivity contribution in [2.24, 2.45) is 0 Å². The molecular formula is C16H14FNO. The van der Waals surface area contributed by atoms with Crippen LogP contribution in [0.5, 0.6) is 5.75 Å². The number of hydrogen-bond acceptors (Lipinski definition) is 1. The number of benzene rings is 2. The largest absolute Gasteiger partial charge is 0.496 e. The minimum absolute atomic E-state index is 0.0790. The molecule has 0 aliphatic rings. The maximum Gasteiger partial charge on any atom is 0.187 e. The topological polar surface area (TPSA) is 13.6 Å². The lowest BCUT2D eigenvalue weighted by Crippen LogP contribution is -2.00. The molecule has 0 aliphatic carbocycles. The lowest BCUT2D eigenvalue weighted by molar-refractivity contribution is 0.405. The van der Waals surface area contributed by atoms with E-state index < -0.39 is 0 Å². The van der Waals surface area contributed by atoms with Gasteiger partial charge in [-0.1, -0.05) is 37.3 Å². The summed E-state index contributed by atoms with van der Waals surface area (Å²) in [6.45, 7) is 8.97. The number of methoxy groups -OCH3 is 1. The normalized spacial score (nSPS) is 11.7. The summed E-state index contributed by atoms with van der Waals surface area (Å²) in [5.41, 5.74) is 2.61. The van der Waals surface area contributed by atoms with Crippen LogP contribution in [0.25, 0.3) is 4.85 Å². The molecule has 0 saturated carbocycles. The van der Waals surface area contributed by atoms with Crippen molar-refractivity contribution in [3.8, 4) is 5.75 Å². The van der Waals surface area contributed by atoms with Crippen molar-refractivity contribution in [2.75, 3.05) is 7.11 Å². The van der Waals surface area contributed by atoms with E-state index in [9.17, 15) is 4.39 Å². The van der Waals surface area contributed by atoms with Crippen LogP contribution in [-0.2, 0) is 0 Å². The molecule has 1 unspecified atom stereocenters. The van der Waals surface area contributed by atoms with E-state index in [0.29, 0.717) is 11.4 Å². The van der Waals surface area contributed by atoms with Crippen LogP contribution < -0.4 is 4.74 Å². The molecule has 96 valence electrons. The second kappa shape index (κ2) is 5.53. The van der Waals surface area contributed by atoms with Gasteiger partial charge in [0.05, 0.1) is 13.7 Å². The van der Waals surface area contributed by atoms with Gasteiger partial charge in [0.1, 0.15) is 11.6 Å². The number of halogens is 1. The minimum atomic E-state index is -0.309. The quantitative estimate of drug-likeness (QED) is 0.734. The van der Waals surface area contributed by atoms with Crippen LogP contribution in [-0.4, -0.2) is 7.11 Å². The first kappa shape index (κ1) is 13.1. The standard InChI is InChI=1S/C16H14FNO/c1-11(12-4-7-14(18-2)8-5-12)15-9-6-13(17)10-16(15)19-3/h4-11H,1,3H3. The first-order valence-electron chi connectivity index (χ1n) is 5.96. The Balaban J connectivity index is 2.38. The van der Waals surface area contributed by atoms with Crippen molar-refractivity contribution in [2.45, 2.75) is 12.8 Å². The Kier molecular flexibility index (Phi) is 3.82. The van der Waals surface area contributed by atoms with Gasteiger partial charge in [0, 0.05) is 17.5 Å². The average molecular weight is 255 g/mol. The van der Waals surface area contributed by atoms with E-state index in [4.69, 9.17) is 11.3 Å². The number of nitrogens with zero attached hydrogens (tertiary/aromatic N) is 1. The Morgan fingerprint density at radius 3 is 2.42 bits per heavy atom. The van der Waals surface area contributed by atoms with Crippen LogP contribution in [0.4, 0.5) is 10.1 Å². The lowest BCUT2D eigenvalue weighted by atomic mass is 9.92. The molecule has 2 aromatic rings. The molecule has 0 aromatic heterocycles. The molecule has 0 aliphatic heterocycles. The highest BCUT2D eigenvalue weighted by atomic mass is 19.1. The smallest absolute Gasteiger partial charge is 0.187 e. The summed E-state index contributed by atoms with van der Waals surface area (Å²) in [6, 6.07) is 12.0. The summed E-state index contributed by atoms with van der Waals surface area (Å²) < 4.78 is 18.4. The number of hydrogen-bond donors (Lipinski definition) is 0. The fraction of sp³-hybridized carbons (Fsp3) is 0.188. The highest BCUT2D eigenvalue weighted by Gasteiger charge is 2.14. The summed E-state index contributed by atoms with van der Waals surface area (Å²) >= 11 is 0. The van der Waals surface area contributed by atoms with Crippen LogP contribution in [0, 0.1) is 12.4 Å². The number of ether oxygens (including phenoxy) is 1. The Morgan fingerprint density at radius 2 is 1.84 bits per heavy atom. The molecule has 0 N–H and O–H groups in total. The monoisotopic (exact) mass is 255 g/mol. The predicted octanol–water partition coefficient (Wildman–Crippen LogP) is 4.54. The molecule has 0 heterocycles. The molecular weight excluding hydrogens is 241 g/mol. The Bertz CT molecular complexity index is 614.